The molecule has 0 rings (SSSR count). The van der Waals surface area contributed by atoms with Crippen LogP contribution in [0, 0.1) is 0 Å². The van der Waals surface area contributed by atoms with E-state index < -0.39 is 11.1 Å². The first-order valence-electron chi connectivity index (χ1n) is 2.70. The van der Waals surface area contributed by atoms with Gasteiger partial charge in [-0.25, -0.2) is 0 Å². The van der Waals surface area contributed by atoms with Crippen LogP contribution in [-0.4, -0.2) is 11.1 Å². The van der Waals surface area contributed by atoms with Gasteiger partial charge in [0.2, 0.25) is 0 Å². The Hall–Kier alpha value is 1.03. The highest BCUT2D eigenvalue weighted by atomic mass is 35.5. The molecule has 0 heterocycles. The molecule has 0 unspecified atom stereocenters. The first-order chi connectivity index (χ1) is 4.46. The highest BCUT2D eigenvalue weighted by molar-refractivity contribution is 7.40. The minimum Gasteiger partial charge on any atom is -0.165 e. The molecule has 0 aromatic carbocycles. The Bertz CT molecular complexity index is 126. The highest BCUT2D eigenvalue weighted by Gasteiger charge is 2.17. The molecule has 0 aliphatic carbocycles. The molecule has 0 atom stereocenters. The third-order valence-electron chi connectivity index (χ3n) is 1.28. The van der Waals surface area contributed by atoms with E-state index >= 15 is 0 Å². The second kappa shape index (κ2) is 4.82. The normalized spacial score (nSPS) is 12.6. The summed E-state index contributed by atoms with van der Waals surface area (Å²) < 4.78 is 0. The van der Waals surface area contributed by atoms with E-state index in [4.69, 9.17) is 45.8 Å². The zero-order valence-electron chi connectivity index (χ0n) is 5.67. The summed E-state index contributed by atoms with van der Waals surface area (Å²) in [5, 5.41) is 0. The summed E-state index contributed by atoms with van der Waals surface area (Å²) in [7, 11) is 0. The molecule has 0 aromatic rings. The summed E-state index contributed by atoms with van der Waals surface area (Å²) in [6.45, 7) is 3.61. The summed E-state index contributed by atoms with van der Waals surface area (Å²) in [6.07, 6.45) is 0. The van der Waals surface area contributed by atoms with Crippen LogP contribution in [0.1, 0.15) is 13.8 Å². The molecule has 0 N–H and O–H groups in total. The van der Waals surface area contributed by atoms with E-state index in [1.165, 1.54) is 0 Å². The van der Waals surface area contributed by atoms with E-state index in [-0.39, 0.29) is 0 Å². The summed E-state index contributed by atoms with van der Waals surface area (Å²) in [5.41, 5.74) is 0.608. The Labute approximate surface area is 81.7 Å². The highest BCUT2D eigenvalue weighted by Crippen LogP contribution is 2.18. The lowest BCUT2D eigenvalue weighted by molar-refractivity contribution is 1.52. The van der Waals surface area contributed by atoms with Crippen molar-refractivity contribution in [3.05, 3.63) is 10.9 Å². The van der Waals surface area contributed by atoms with Crippen LogP contribution >= 0.6 is 45.8 Å². The van der Waals surface area contributed by atoms with E-state index in [1.54, 1.807) is 13.8 Å². The molecule has 0 saturated carbocycles. The molecule has 0 saturated heterocycles. The van der Waals surface area contributed by atoms with Crippen LogP contribution in [0.15, 0.2) is 10.9 Å². The van der Waals surface area contributed by atoms with Gasteiger partial charge in [0.25, 0.3) is 0 Å². The van der Waals surface area contributed by atoms with Crippen LogP contribution in [0.2, 0.25) is 0 Å². The maximum atomic E-state index is 5.56. The SMILES string of the molecule is C/C(B(Cl)Cl)=C(\C)B(Cl)Cl. The van der Waals surface area contributed by atoms with Gasteiger partial charge in [0.1, 0.15) is 0 Å². The van der Waals surface area contributed by atoms with E-state index in [0.29, 0.717) is 0 Å². The molecular weight excluding hydrogens is 211 g/mol. The predicted octanol–water partition coefficient (Wildman–Crippen LogP) is 3.33. The molecule has 0 aromatic heterocycles. The minimum atomic E-state index is -0.514. The maximum absolute atomic E-state index is 5.56. The van der Waals surface area contributed by atoms with Crippen LogP contribution in [0.25, 0.3) is 0 Å². The molecule has 56 valence electrons. The van der Waals surface area contributed by atoms with Gasteiger partial charge in [-0.15, -0.1) is 0 Å². The number of hydrogen-bond acceptors (Lipinski definition) is 0. The van der Waals surface area contributed by atoms with Gasteiger partial charge in [-0.2, -0.15) is 45.8 Å². The maximum Gasteiger partial charge on any atom is 0.377 e. The largest absolute Gasteiger partial charge is 0.377 e. The fourth-order valence-corrected chi connectivity index (χ4v) is 1.03. The van der Waals surface area contributed by atoms with Crippen LogP contribution in [0.3, 0.4) is 0 Å². The zero-order valence-corrected chi connectivity index (χ0v) is 8.69. The third kappa shape index (κ3) is 3.43. The van der Waals surface area contributed by atoms with Crippen LogP contribution < -0.4 is 0 Å². The predicted molar refractivity (Wildman–Crippen MR) is 53.3 cm³/mol. The first-order valence-corrected chi connectivity index (χ1v) is 4.45. The van der Waals surface area contributed by atoms with Crippen molar-refractivity contribution in [1.29, 1.82) is 0 Å². The summed E-state index contributed by atoms with van der Waals surface area (Å²) in [6, 6.07) is 0. The molecule has 6 heteroatoms. The van der Waals surface area contributed by atoms with Gasteiger partial charge in [0.15, 0.2) is 0 Å². The molecular formula is C4H6B2Cl4. The number of rotatable bonds is 2. The fourth-order valence-electron chi connectivity index (χ4n) is 0.344. The molecule has 0 amide bonds. The lowest BCUT2D eigenvalue weighted by atomic mass is 9.79. The molecule has 0 fully saturated rings. The van der Waals surface area contributed by atoms with Gasteiger partial charge in [0, 0.05) is 0 Å². The topological polar surface area (TPSA) is 0 Å². The van der Waals surface area contributed by atoms with Crippen molar-refractivity contribution in [3.8, 4) is 0 Å². The lowest BCUT2D eigenvalue weighted by Gasteiger charge is -2.03. The monoisotopic (exact) mass is 216 g/mol. The van der Waals surface area contributed by atoms with E-state index in [0.717, 1.165) is 10.9 Å². The third-order valence-corrected chi connectivity index (χ3v) is 2.59. The lowest BCUT2D eigenvalue weighted by Crippen LogP contribution is -2.06. The number of hydrogen-bond donors (Lipinski definition) is 0. The standard InChI is InChI=1S/C4H6B2Cl4/c1-3(5(7)8)4(2)6(9)10/h1-2H3/b4-3-. The molecule has 10 heavy (non-hydrogen) atoms. The van der Waals surface area contributed by atoms with Gasteiger partial charge < -0.3 is 0 Å². The van der Waals surface area contributed by atoms with Crippen molar-refractivity contribution in [2.75, 3.05) is 0 Å². The van der Waals surface area contributed by atoms with Gasteiger partial charge in [-0.05, 0) is 13.8 Å². The van der Waals surface area contributed by atoms with Gasteiger partial charge in [0.05, 0.1) is 0 Å². The summed E-state index contributed by atoms with van der Waals surface area (Å²) in [4.78, 5) is 0. The van der Waals surface area contributed by atoms with Crippen LogP contribution in [0.5, 0.6) is 0 Å². The van der Waals surface area contributed by atoms with Crippen LogP contribution in [0.4, 0.5) is 0 Å². The van der Waals surface area contributed by atoms with E-state index in [2.05, 4.69) is 0 Å². The second-order valence-electron chi connectivity index (χ2n) is 1.97. The average Bonchev–Trinajstić information content (AvgIpc) is 1.84. The van der Waals surface area contributed by atoms with Gasteiger partial charge in [-0.1, -0.05) is 10.9 Å². The Morgan fingerprint density at radius 1 is 0.800 bits per heavy atom. The first kappa shape index (κ1) is 11.0. The Kier molecular flexibility index (Phi) is 5.31. The Morgan fingerprint density at radius 2 is 1.00 bits per heavy atom. The van der Waals surface area contributed by atoms with Crippen molar-refractivity contribution < 1.29 is 0 Å². The van der Waals surface area contributed by atoms with Gasteiger partial charge in [-0.3, -0.25) is 0 Å². The molecule has 0 nitrogen and oxygen atoms in total. The quantitative estimate of drug-likeness (QED) is 0.623. The zero-order chi connectivity index (χ0) is 8.31. The summed E-state index contributed by atoms with van der Waals surface area (Å²) >= 11 is 22.2. The second-order valence-corrected chi connectivity index (χ2v) is 4.16. The van der Waals surface area contributed by atoms with Gasteiger partial charge >= 0.3 is 11.1 Å². The van der Waals surface area contributed by atoms with E-state index in [1.807, 2.05) is 0 Å². The average molecular weight is 218 g/mol. The van der Waals surface area contributed by atoms with Crippen LogP contribution in [-0.2, 0) is 0 Å². The van der Waals surface area contributed by atoms with Crippen molar-refractivity contribution in [1.82, 2.24) is 0 Å². The van der Waals surface area contributed by atoms with Crippen molar-refractivity contribution in [2.24, 2.45) is 0 Å². The fraction of sp³-hybridized carbons (Fsp3) is 0.500. The smallest absolute Gasteiger partial charge is 0.165 e. The van der Waals surface area contributed by atoms with Crippen molar-refractivity contribution in [3.63, 3.8) is 0 Å². The molecule has 0 aliphatic heterocycles. The minimum absolute atomic E-state index is 0.514. The molecule has 0 radical (unpaired) electrons. The number of halogens is 4. The number of allylic oxidation sites excluding steroid dienone is 2. The van der Waals surface area contributed by atoms with E-state index in [9.17, 15) is 0 Å². The Morgan fingerprint density at radius 3 is 1.10 bits per heavy atom. The van der Waals surface area contributed by atoms with Crippen molar-refractivity contribution in [2.45, 2.75) is 13.8 Å². The Balaban J connectivity index is 4.34. The summed E-state index contributed by atoms with van der Waals surface area (Å²) in [5.74, 6) is 0. The molecule has 0 bridgehead atoms. The molecule has 0 aliphatic rings. The van der Waals surface area contributed by atoms with Crippen molar-refractivity contribution >= 4 is 56.9 Å². The molecule has 0 spiro atoms.